The molecule has 2 aromatic heterocycles. The maximum atomic E-state index is 12.5. The van der Waals surface area contributed by atoms with Crippen molar-refractivity contribution in [2.24, 2.45) is 0 Å². The number of nitrogens with one attached hydrogen (secondary N) is 1. The highest BCUT2D eigenvalue weighted by Gasteiger charge is 2.27. The van der Waals surface area contributed by atoms with Crippen LogP contribution in [0.3, 0.4) is 0 Å². The summed E-state index contributed by atoms with van der Waals surface area (Å²) in [6, 6.07) is 7.76. The van der Waals surface area contributed by atoms with Crippen LogP contribution in [-0.2, 0) is 11.3 Å². The first-order valence-corrected chi connectivity index (χ1v) is 12.9. The Labute approximate surface area is 224 Å². The number of carbonyl (C=O) groups is 1. The molecule has 0 bridgehead atoms. The molecule has 0 aliphatic carbocycles. The summed E-state index contributed by atoms with van der Waals surface area (Å²) < 4.78 is 7.10. The monoisotopic (exact) mass is 550 g/mol. The number of hydrogen-bond donors (Lipinski definition) is 1. The smallest absolute Gasteiger partial charge is 0.269 e. The van der Waals surface area contributed by atoms with Gasteiger partial charge in [-0.25, -0.2) is 9.97 Å². The van der Waals surface area contributed by atoms with Crippen LogP contribution in [0.1, 0.15) is 12.8 Å². The molecule has 1 saturated heterocycles. The second-order valence-electron chi connectivity index (χ2n) is 8.76. The Kier molecular flexibility index (Phi) is 8.29. The lowest BCUT2D eigenvalue weighted by Gasteiger charge is -2.38. The zero-order valence-electron chi connectivity index (χ0n) is 20.1. The van der Waals surface area contributed by atoms with Gasteiger partial charge in [0.15, 0.2) is 0 Å². The van der Waals surface area contributed by atoms with Gasteiger partial charge < -0.3 is 24.4 Å². The minimum Gasteiger partial charge on any atom is -0.497 e. The van der Waals surface area contributed by atoms with E-state index in [1.54, 1.807) is 11.7 Å². The van der Waals surface area contributed by atoms with Crippen LogP contribution in [0.4, 0.5) is 11.6 Å². The topological polar surface area (TPSA) is 92.6 Å². The van der Waals surface area contributed by atoms with Gasteiger partial charge in [0.1, 0.15) is 17.4 Å². The van der Waals surface area contributed by atoms with Crippen LogP contribution < -0.4 is 20.5 Å². The number of piperidine rings is 1. The number of ether oxygens (including phenoxy) is 1. The van der Waals surface area contributed by atoms with Crippen molar-refractivity contribution in [2.75, 3.05) is 49.8 Å². The zero-order valence-corrected chi connectivity index (χ0v) is 22.5. The molecule has 12 heteroatoms. The van der Waals surface area contributed by atoms with Gasteiger partial charge in [-0.3, -0.25) is 9.59 Å². The van der Waals surface area contributed by atoms with Crippen molar-refractivity contribution in [1.82, 2.24) is 19.4 Å². The fraction of sp³-hybridized carbons (Fsp3) is 0.417. The number of halogens is 2. The molecule has 192 valence electrons. The largest absolute Gasteiger partial charge is 0.497 e. The molecule has 0 radical (unpaired) electrons. The van der Waals surface area contributed by atoms with E-state index in [9.17, 15) is 9.59 Å². The average molecular weight is 552 g/mol. The Bertz CT molecular complexity index is 1330. The summed E-state index contributed by atoms with van der Waals surface area (Å²) >= 11 is 8.01. The normalized spacial score (nSPS) is 16.2. The summed E-state index contributed by atoms with van der Waals surface area (Å²) in [4.78, 5) is 38.6. The fourth-order valence-corrected chi connectivity index (χ4v) is 5.81. The molecule has 4 heterocycles. The highest BCUT2D eigenvalue weighted by Crippen LogP contribution is 2.37. The first-order chi connectivity index (χ1) is 16.9. The van der Waals surface area contributed by atoms with Gasteiger partial charge in [0.2, 0.25) is 5.91 Å². The third kappa shape index (κ3) is 5.41. The van der Waals surface area contributed by atoms with Crippen molar-refractivity contribution in [2.45, 2.75) is 30.3 Å². The minimum absolute atomic E-state index is 0. The molecule has 0 spiro atoms. The van der Waals surface area contributed by atoms with E-state index >= 15 is 0 Å². The zero-order chi connectivity index (χ0) is 24.5. The lowest BCUT2D eigenvalue weighted by molar-refractivity contribution is -0.113. The van der Waals surface area contributed by atoms with E-state index in [0.717, 1.165) is 48.4 Å². The van der Waals surface area contributed by atoms with Crippen molar-refractivity contribution in [1.29, 1.82) is 0 Å². The standard InChI is InChI=1S/C24H27ClN6O3S.ClH/c1-29(24-17(25)12-20-23(28-24)27-21(32)14-35-20)15-5-7-30(8-6-15)9-10-31-19-11-16(34-2)3-4-18(19)26-13-22(31)33;/h3-4,11-13,15H,5-10,14H2,1-2H3,(H,27,28,32);1H. The maximum absolute atomic E-state index is 12.5. The molecule has 0 unspecified atom stereocenters. The number of pyridine rings is 1. The molecule has 3 aromatic rings. The average Bonchev–Trinajstić information content (AvgIpc) is 2.87. The molecule has 2 aliphatic heterocycles. The van der Waals surface area contributed by atoms with Crippen LogP contribution >= 0.6 is 35.8 Å². The molecular weight excluding hydrogens is 523 g/mol. The van der Waals surface area contributed by atoms with Crippen molar-refractivity contribution in [3.8, 4) is 5.75 Å². The Morgan fingerprint density at radius 2 is 2.00 bits per heavy atom. The van der Waals surface area contributed by atoms with Crippen LogP contribution in [0.2, 0.25) is 5.02 Å². The number of carbonyl (C=O) groups excluding carboxylic acids is 1. The molecule has 1 aromatic carbocycles. The predicted molar refractivity (Wildman–Crippen MR) is 146 cm³/mol. The number of methoxy groups -OCH3 is 1. The summed E-state index contributed by atoms with van der Waals surface area (Å²) in [5.74, 6) is 2.32. The lowest BCUT2D eigenvalue weighted by Crippen LogP contribution is -2.45. The number of thioether (sulfide) groups is 1. The summed E-state index contributed by atoms with van der Waals surface area (Å²) in [5.41, 5.74) is 1.44. The molecule has 0 saturated carbocycles. The van der Waals surface area contributed by atoms with Crippen LogP contribution in [0.5, 0.6) is 5.75 Å². The molecule has 9 nitrogen and oxygen atoms in total. The van der Waals surface area contributed by atoms with E-state index < -0.39 is 0 Å². The molecular formula is C24H28Cl2N6O3S. The van der Waals surface area contributed by atoms with Gasteiger partial charge in [0, 0.05) is 45.3 Å². The van der Waals surface area contributed by atoms with E-state index in [0.29, 0.717) is 34.7 Å². The lowest BCUT2D eigenvalue weighted by atomic mass is 10.0. The van der Waals surface area contributed by atoms with E-state index in [4.69, 9.17) is 16.3 Å². The van der Waals surface area contributed by atoms with Crippen molar-refractivity contribution >= 4 is 64.3 Å². The predicted octanol–water partition coefficient (Wildman–Crippen LogP) is 3.52. The third-order valence-electron chi connectivity index (χ3n) is 6.67. The van der Waals surface area contributed by atoms with Gasteiger partial charge in [-0.05, 0) is 31.0 Å². The van der Waals surface area contributed by atoms with Crippen molar-refractivity contribution in [3.63, 3.8) is 0 Å². The minimum atomic E-state index is -0.112. The number of benzene rings is 1. The first-order valence-electron chi connectivity index (χ1n) is 11.5. The molecule has 36 heavy (non-hydrogen) atoms. The maximum Gasteiger partial charge on any atom is 0.269 e. The number of nitrogens with zero attached hydrogens (tertiary/aromatic N) is 5. The number of aromatic nitrogens is 3. The Hall–Kier alpha value is -2.53. The van der Waals surface area contributed by atoms with E-state index in [2.05, 4.69) is 25.1 Å². The van der Waals surface area contributed by atoms with Gasteiger partial charge >= 0.3 is 0 Å². The van der Waals surface area contributed by atoms with Crippen LogP contribution in [0.25, 0.3) is 11.0 Å². The molecule has 1 amide bonds. The van der Waals surface area contributed by atoms with Crippen LogP contribution in [0, 0.1) is 0 Å². The molecule has 0 atom stereocenters. The number of fused-ring (bicyclic) bond motifs is 2. The third-order valence-corrected chi connectivity index (χ3v) is 7.98. The number of hydrogen-bond acceptors (Lipinski definition) is 8. The fourth-order valence-electron chi connectivity index (χ4n) is 4.66. The molecule has 1 fully saturated rings. The summed E-state index contributed by atoms with van der Waals surface area (Å²) in [5, 5.41) is 3.44. The van der Waals surface area contributed by atoms with Gasteiger partial charge in [-0.1, -0.05) is 11.6 Å². The molecule has 1 N–H and O–H groups in total. The molecule has 5 rings (SSSR count). The van der Waals surface area contributed by atoms with E-state index in [1.165, 1.54) is 18.0 Å². The van der Waals surface area contributed by atoms with Gasteiger partial charge in [0.25, 0.3) is 5.56 Å². The second-order valence-corrected chi connectivity index (χ2v) is 10.2. The Morgan fingerprint density at radius 3 is 2.75 bits per heavy atom. The number of rotatable bonds is 6. The number of anilines is 2. The summed E-state index contributed by atoms with van der Waals surface area (Å²) in [7, 11) is 3.62. The second kappa shape index (κ2) is 11.2. The highest BCUT2D eigenvalue weighted by molar-refractivity contribution is 8.00. The number of amides is 1. The summed E-state index contributed by atoms with van der Waals surface area (Å²) in [6.45, 7) is 3.17. The van der Waals surface area contributed by atoms with Gasteiger partial charge in [-0.2, -0.15) is 0 Å². The van der Waals surface area contributed by atoms with Crippen molar-refractivity contribution in [3.05, 3.63) is 45.8 Å². The van der Waals surface area contributed by atoms with Gasteiger partial charge in [-0.15, -0.1) is 24.2 Å². The van der Waals surface area contributed by atoms with Crippen LogP contribution in [-0.4, -0.2) is 70.9 Å². The van der Waals surface area contributed by atoms with E-state index in [1.807, 2.05) is 31.3 Å². The van der Waals surface area contributed by atoms with Crippen LogP contribution in [0.15, 0.2) is 40.2 Å². The quantitative estimate of drug-likeness (QED) is 0.498. The molecule has 2 aliphatic rings. The van der Waals surface area contributed by atoms with E-state index in [-0.39, 0.29) is 29.9 Å². The Morgan fingerprint density at radius 1 is 1.22 bits per heavy atom. The highest BCUT2D eigenvalue weighted by atomic mass is 35.5. The number of likely N-dealkylation sites (tertiary alicyclic amines) is 1. The SMILES string of the molecule is COc1ccc2ncc(=O)n(CCN3CCC(N(C)c4nc5c(cc4Cl)SCC(=O)N5)CC3)c2c1.Cl. The first kappa shape index (κ1) is 26.5. The Balaban J connectivity index is 0.00000304. The summed E-state index contributed by atoms with van der Waals surface area (Å²) in [6.07, 6.45) is 3.28. The van der Waals surface area contributed by atoms with Gasteiger partial charge in [0.05, 0.1) is 40.0 Å². The van der Waals surface area contributed by atoms with Crippen molar-refractivity contribution < 1.29 is 9.53 Å².